The van der Waals surface area contributed by atoms with E-state index in [4.69, 9.17) is 10.8 Å². The number of likely N-dealkylation sites (tertiary alicyclic amines) is 2. The van der Waals surface area contributed by atoms with Crippen LogP contribution in [0.1, 0.15) is 32.1 Å². The number of hydrogen-bond donors (Lipinski definition) is 3. The monoisotopic (exact) mass is 356 g/mol. The number of nitrogens with two attached hydrogens (primary N) is 1. The van der Waals surface area contributed by atoms with Crippen LogP contribution in [0.5, 0.6) is 0 Å². The van der Waals surface area contributed by atoms with Crippen LogP contribution in [0, 0.1) is 0 Å². The minimum atomic E-state index is -0.850. The van der Waals surface area contributed by atoms with Gasteiger partial charge < -0.3 is 20.6 Å². The van der Waals surface area contributed by atoms with Crippen LogP contribution in [0.3, 0.4) is 0 Å². The molecule has 4 N–H and O–H groups in total. The molecule has 3 aliphatic rings. The zero-order valence-corrected chi connectivity index (χ0v) is 14.9. The van der Waals surface area contributed by atoms with Crippen molar-refractivity contribution in [2.24, 2.45) is 5.73 Å². The molecule has 24 heavy (non-hydrogen) atoms. The molecule has 3 saturated heterocycles. The van der Waals surface area contributed by atoms with E-state index in [9.17, 15) is 9.59 Å². The quantitative estimate of drug-likeness (QED) is 0.621. The highest BCUT2D eigenvalue weighted by molar-refractivity contribution is 8.01. The minimum absolute atomic E-state index is 0.158. The maximum Gasteiger partial charge on any atom is 0.241 e. The maximum absolute atomic E-state index is 12.7. The number of hydrogen-bond acceptors (Lipinski definition) is 6. The number of amides is 2. The van der Waals surface area contributed by atoms with Crippen LogP contribution >= 0.6 is 11.8 Å². The van der Waals surface area contributed by atoms with Gasteiger partial charge in [0.1, 0.15) is 6.04 Å². The Labute approximate surface area is 147 Å². The molecule has 0 saturated carbocycles. The molecule has 0 radical (unpaired) electrons. The van der Waals surface area contributed by atoms with Gasteiger partial charge in [0.05, 0.1) is 17.5 Å². The second-order valence-corrected chi connectivity index (χ2v) is 8.44. The van der Waals surface area contributed by atoms with Crippen molar-refractivity contribution in [2.45, 2.75) is 49.1 Å². The molecule has 136 valence electrons. The predicted octanol–water partition coefficient (Wildman–Crippen LogP) is -0.658. The molecule has 0 aliphatic carbocycles. The smallest absolute Gasteiger partial charge is 0.241 e. The van der Waals surface area contributed by atoms with Crippen molar-refractivity contribution in [1.29, 1.82) is 0 Å². The zero-order valence-electron chi connectivity index (χ0n) is 14.1. The van der Waals surface area contributed by atoms with Gasteiger partial charge in [-0.05, 0) is 32.1 Å². The predicted molar refractivity (Wildman–Crippen MR) is 93.4 cm³/mol. The van der Waals surface area contributed by atoms with Gasteiger partial charge in [0, 0.05) is 31.9 Å². The summed E-state index contributed by atoms with van der Waals surface area (Å²) in [7, 11) is 0. The van der Waals surface area contributed by atoms with Crippen LogP contribution in [-0.4, -0.2) is 82.2 Å². The SMILES string of the molecule is N[C@@H](CO)C(=O)N1CCCC2(C1)N[C@H](C(=O)N1CCCCC1)CS2. The van der Waals surface area contributed by atoms with E-state index in [0.717, 1.165) is 44.5 Å². The highest BCUT2D eigenvalue weighted by atomic mass is 32.2. The van der Waals surface area contributed by atoms with Gasteiger partial charge in [-0.3, -0.25) is 14.9 Å². The molecule has 2 amide bonds. The molecule has 3 aliphatic heterocycles. The summed E-state index contributed by atoms with van der Waals surface area (Å²) < 4.78 is 0. The minimum Gasteiger partial charge on any atom is -0.394 e. The van der Waals surface area contributed by atoms with Crippen LogP contribution in [0.4, 0.5) is 0 Å². The third kappa shape index (κ3) is 3.71. The molecule has 3 fully saturated rings. The maximum atomic E-state index is 12.7. The van der Waals surface area contributed by atoms with Crippen molar-refractivity contribution in [2.75, 3.05) is 38.5 Å². The van der Waals surface area contributed by atoms with E-state index in [1.807, 2.05) is 4.90 Å². The lowest BCUT2D eigenvalue weighted by Gasteiger charge is -2.41. The first-order chi connectivity index (χ1) is 11.5. The fraction of sp³-hybridized carbons (Fsp3) is 0.875. The number of carbonyl (C=O) groups is 2. The lowest BCUT2D eigenvalue weighted by Crippen LogP contribution is -2.59. The zero-order chi connectivity index (χ0) is 17.2. The second-order valence-electron chi connectivity index (χ2n) is 7.04. The summed E-state index contributed by atoms with van der Waals surface area (Å²) in [4.78, 5) is 28.4. The molecule has 1 unspecified atom stereocenters. The van der Waals surface area contributed by atoms with Gasteiger partial charge in [-0.2, -0.15) is 0 Å². The van der Waals surface area contributed by atoms with Crippen LogP contribution in [0.2, 0.25) is 0 Å². The topological polar surface area (TPSA) is 98.9 Å². The lowest BCUT2D eigenvalue weighted by atomic mass is 10.0. The van der Waals surface area contributed by atoms with E-state index in [2.05, 4.69) is 5.32 Å². The fourth-order valence-corrected chi connectivity index (χ4v) is 5.34. The molecule has 8 heteroatoms. The van der Waals surface area contributed by atoms with Crippen LogP contribution in [0.25, 0.3) is 0 Å². The van der Waals surface area contributed by atoms with E-state index in [1.54, 1.807) is 16.7 Å². The van der Waals surface area contributed by atoms with Crippen LogP contribution in [-0.2, 0) is 9.59 Å². The second kappa shape index (κ2) is 7.59. The highest BCUT2D eigenvalue weighted by Crippen LogP contribution is 2.38. The first-order valence-corrected chi connectivity index (χ1v) is 9.89. The molecule has 0 bridgehead atoms. The van der Waals surface area contributed by atoms with Gasteiger partial charge in [0.15, 0.2) is 0 Å². The number of aliphatic hydroxyl groups is 1. The molecule has 0 aromatic heterocycles. The molecule has 3 heterocycles. The van der Waals surface area contributed by atoms with E-state index in [-0.39, 0.29) is 29.3 Å². The Morgan fingerprint density at radius 3 is 2.62 bits per heavy atom. The Morgan fingerprint density at radius 2 is 1.92 bits per heavy atom. The van der Waals surface area contributed by atoms with Gasteiger partial charge >= 0.3 is 0 Å². The molecule has 7 nitrogen and oxygen atoms in total. The van der Waals surface area contributed by atoms with Gasteiger partial charge in [-0.25, -0.2) is 0 Å². The first-order valence-electron chi connectivity index (χ1n) is 8.90. The number of carbonyl (C=O) groups excluding carboxylic acids is 2. The van der Waals surface area contributed by atoms with Crippen molar-refractivity contribution in [3.8, 4) is 0 Å². The number of rotatable bonds is 3. The van der Waals surface area contributed by atoms with E-state index in [0.29, 0.717) is 13.1 Å². The molecular formula is C16H28N4O3S. The van der Waals surface area contributed by atoms with Crippen molar-refractivity contribution in [1.82, 2.24) is 15.1 Å². The van der Waals surface area contributed by atoms with Crippen molar-refractivity contribution in [3.63, 3.8) is 0 Å². The summed E-state index contributed by atoms with van der Waals surface area (Å²) in [6, 6.07) is -1.01. The van der Waals surface area contributed by atoms with Crippen LogP contribution < -0.4 is 11.1 Å². The fourth-order valence-electron chi connectivity index (χ4n) is 3.87. The first kappa shape index (κ1) is 18.0. The Hall–Kier alpha value is -0.830. The molecule has 3 rings (SSSR count). The molecule has 3 atom stereocenters. The van der Waals surface area contributed by atoms with E-state index < -0.39 is 6.04 Å². The summed E-state index contributed by atoms with van der Waals surface area (Å²) in [5.74, 6) is 0.753. The Bertz CT molecular complexity index is 486. The third-order valence-corrected chi connectivity index (χ3v) is 6.71. The lowest BCUT2D eigenvalue weighted by molar-refractivity contribution is -0.135. The Morgan fingerprint density at radius 1 is 1.21 bits per heavy atom. The Kier molecular flexibility index (Phi) is 5.69. The van der Waals surface area contributed by atoms with Crippen molar-refractivity contribution in [3.05, 3.63) is 0 Å². The normalized spacial score (nSPS) is 32.2. The van der Waals surface area contributed by atoms with Gasteiger partial charge in [-0.15, -0.1) is 11.8 Å². The number of nitrogens with one attached hydrogen (secondary N) is 1. The largest absolute Gasteiger partial charge is 0.394 e. The van der Waals surface area contributed by atoms with Gasteiger partial charge in [0.25, 0.3) is 0 Å². The Balaban J connectivity index is 1.60. The summed E-state index contributed by atoms with van der Waals surface area (Å²) in [6.07, 6.45) is 5.23. The molecule has 1 spiro atoms. The number of thioether (sulfide) groups is 1. The highest BCUT2D eigenvalue weighted by Gasteiger charge is 2.46. The van der Waals surface area contributed by atoms with Gasteiger partial charge in [0.2, 0.25) is 11.8 Å². The van der Waals surface area contributed by atoms with Crippen molar-refractivity contribution >= 4 is 23.6 Å². The van der Waals surface area contributed by atoms with Crippen LogP contribution in [0.15, 0.2) is 0 Å². The molecule has 0 aromatic carbocycles. The summed E-state index contributed by atoms with van der Waals surface area (Å²) in [5, 5.41) is 12.6. The van der Waals surface area contributed by atoms with Crippen molar-refractivity contribution < 1.29 is 14.7 Å². The summed E-state index contributed by atoms with van der Waals surface area (Å²) in [6.45, 7) is 2.61. The number of piperidine rings is 2. The van der Waals surface area contributed by atoms with E-state index in [1.165, 1.54) is 6.42 Å². The van der Waals surface area contributed by atoms with Gasteiger partial charge in [-0.1, -0.05) is 0 Å². The number of nitrogens with zero attached hydrogens (tertiary/aromatic N) is 2. The number of aliphatic hydroxyl groups excluding tert-OH is 1. The summed E-state index contributed by atoms with van der Waals surface area (Å²) in [5.41, 5.74) is 5.68. The molecular weight excluding hydrogens is 328 g/mol. The summed E-state index contributed by atoms with van der Waals surface area (Å²) >= 11 is 1.75. The average molecular weight is 356 g/mol. The third-order valence-electron chi connectivity index (χ3n) is 5.21. The standard InChI is InChI=1S/C16H28N4O3S/c17-12(9-21)14(22)20-8-4-5-16(11-20)18-13(10-24-16)15(23)19-6-2-1-3-7-19/h12-13,18,21H,1-11,17H2/t12-,13-,16?/m0/s1. The van der Waals surface area contributed by atoms with E-state index >= 15 is 0 Å². The molecule has 0 aromatic rings. The average Bonchev–Trinajstić information content (AvgIpc) is 3.03.